The maximum atomic E-state index is 12.0. The van der Waals surface area contributed by atoms with Crippen molar-refractivity contribution in [3.05, 3.63) is 23.8 Å². The van der Waals surface area contributed by atoms with Gasteiger partial charge in [-0.25, -0.2) is 0 Å². The van der Waals surface area contributed by atoms with Crippen LogP contribution in [0.5, 0.6) is 0 Å². The number of nitrogens with two attached hydrogens (primary N) is 1. The molecule has 0 radical (unpaired) electrons. The van der Waals surface area contributed by atoms with E-state index in [1.807, 2.05) is 6.92 Å². The summed E-state index contributed by atoms with van der Waals surface area (Å²) >= 11 is 0. The fourth-order valence-electron chi connectivity index (χ4n) is 1.80. The molecule has 0 saturated heterocycles. The number of nitrogen functional groups attached to an aromatic ring is 1. The van der Waals surface area contributed by atoms with Crippen molar-refractivity contribution in [3.63, 3.8) is 0 Å². The van der Waals surface area contributed by atoms with Gasteiger partial charge >= 0.3 is 0 Å². The highest BCUT2D eigenvalue weighted by Crippen LogP contribution is 2.20. The molecule has 0 aliphatic carbocycles. The lowest BCUT2D eigenvalue weighted by molar-refractivity contribution is 0.0828. The highest BCUT2D eigenvalue weighted by molar-refractivity contribution is 6.00. The molecule has 0 saturated carbocycles. The Balaban J connectivity index is 2.85. The molecule has 1 aromatic carbocycles. The fraction of sp³-hybridized carbons (Fsp3) is 0.500. The fourth-order valence-corrected chi connectivity index (χ4v) is 1.80. The summed E-state index contributed by atoms with van der Waals surface area (Å²) in [4.78, 5) is 13.5. The molecule has 0 aliphatic rings. The Bertz CT molecular complexity index is 433. The highest BCUT2D eigenvalue weighted by Gasteiger charge is 2.14. The first kappa shape index (κ1) is 15.3. The monoisotopic (exact) mass is 265 g/mol. The molecule has 1 aromatic rings. The van der Waals surface area contributed by atoms with Gasteiger partial charge in [0.1, 0.15) is 0 Å². The first-order chi connectivity index (χ1) is 8.95. The second-order valence-corrected chi connectivity index (χ2v) is 4.83. The SMILES string of the molecule is CCCC(O)CNc1cc(N)ccc1C(=O)N(C)C. The van der Waals surface area contributed by atoms with Crippen molar-refractivity contribution in [3.8, 4) is 0 Å². The van der Waals surface area contributed by atoms with Crippen LogP contribution in [0.4, 0.5) is 11.4 Å². The molecule has 0 aliphatic heterocycles. The molecule has 0 fully saturated rings. The van der Waals surface area contributed by atoms with E-state index in [2.05, 4.69) is 5.32 Å². The minimum Gasteiger partial charge on any atom is -0.399 e. The number of hydrogen-bond donors (Lipinski definition) is 3. The number of nitrogens with zero attached hydrogens (tertiary/aromatic N) is 1. The van der Waals surface area contributed by atoms with Crippen LogP contribution in [-0.4, -0.2) is 42.7 Å². The van der Waals surface area contributed by atoms with Gasteiger partial charge in [0, 0.05) is 32.0 Å². The molecule has 0 aromatic heterocycles. The quantitative estimate of drug-likeness (QED) is 0.682. The molecule has 4 N–H and O–H groups in total. The average Bonchev–Trinajstić information content (AvgIpc) is 2.36. The highest BCUT2D eigenvalue weighted by atomic mass is 16.3. The van der Waals surface area contributed by atoms with Crippen LogP contribution in [-0.2, 0) is 0 Å². The van der Waals surface area contributed by atoms with Gasteiger partial charge in [-0.1, -0.05) is 13.3 Å². The number of aliphatic hydroxyl groups excluding tert-OH is 1. The van der Waals surface area contributed by atoms with Gasteiger partial charge in [-0.05, 0) is 24.6 Å². The standard InChI is InChI=1S/C14H23N3O2/c1-4-5-11(18)9-16-13-8-10(15)6-7-12(13)14(19)17(2)3/h6-8,11,16,18H,4-5,9,15H2,1-3H3. The van der Waals surface area contributed by atoms with Gasteiger partial charge in [-0.2, -0.15) is 0 Å². The Morgan fingerprint density at radius 3 is 2.74 bits per heavy atom. The molecule has 1 atom stereocenters. The minimum atomic E-state index is -0.422. The second-order valence-electron chi connectivity index (χ2n) is 4.83. The van der Waals surface area contributed by atoms with E-state index >= 15 is 0 Å². The van der Waals surface area contributed by atoms with E-state index < -0.39 is 6.10 Å². The van der Waals surface area contributed by atoms with Crippen LogP contribution in [0.2, 0.25) is 0 Å². The summed E-state index contributed by atoms with van der Waals surface area (Å²) in [6.07, 6.45) is 1.23. The average molecular weight is 265 g/mol. The predicted molar refractivity (Wildman–Crippen MR) is 78.3 cm³/mol. The summed E-state index contributed by atoms with van der Waals surface area (Å²) in [7, 11) is 3.41. The van der Waals surface area contributed by atoms with Crippen LogP contribution in [0.15, 0.2) is 18.2 Å². The van der Waals surface area contributed by atoms with Gasteiger partial charge in [0.05, 0.1) is 11.7 Å². The summed E-state index contributed by atoms with van der Waals surface area (Å²) in [6.45, 7) is 2.43. The molecule has 19 heavy (non-hydrogen) atoms. The number of anilines is 2. The summed E-state index contributed by atoms with van der Waals surface area (Å²) in [6, 6.07) is 5.12. The number of carbonyl (C=O) groups is 1. The maximum Gasteiger partial charge on any atom is 0.255 e. The van der Waals surface area contributed by atoms with Crippen molar-refractivity contribution in [2.45, 2.75) is 25.9 Å². The van der Waals surface area contributed by atoms with Crippen LogP contribution >= 0.6 is 0 Å². The van der Waals surface area contributed by atoms with E-state index in [4.69, 9.17) is 5.73 Å². The molecule has 1 unspecified atom stereocenters. The van der Waals surface area contributed by atoms with Crippen LogP contribution < -0.4 is 11.1 Å². The Kier molecular flexibility index (Phi) is 5.63. The molecular formula is C14H23N3O2. The number of carbonyl (C=O) groups excluding carboxylic acids is 1. The number of nitrogens with one attached hydrogen (secondary N) is 1. The molecule has 1 amide bonds. The molecule has 5 nitrogen and oxygen atoms in total. The molecule has 1 rings (SSSR count). The van der Waals surface area contributed by atoms with Crippen molar-refractivity contribution in [2.75, 3.05) is 31.7 Å². The van der Waals surface area contributed by atoms with Gasteiger partial charge in [0.15, 0.2) is 0 Å². The molecule has 0 bridgehead atoms. The summed E-state index contributed by atoms with van der Waals surface area (Å²) < 4.78 is 0. The lowest BCUT2D eigenvalue weighted by atomic mass is 10.1. The number of hydrogen-bond acceptors (Lipinski definition) is 4. The number of rotatable bonds is 6. The Hall–Kier alpha value is -1.75. The maximum absolute atomic E-state index is 12.0. The summed E-state index contributed by atoms with van der Waals surface area (Å²) in [5.41, 5.74) is 7.55. The van der Waals surface area contributed by atoms with Crippen molar-refractivity contribution < 1.29 is 9.90 Å². The third-order valence-corrected chi connectivity index (χ3v) is 2.83. The predicted octanol–water partition coefficient (Wildman–Crippen LogP) is 1.54. The zero-order valence-corrected chi connectivity index (χ0v) is 11.8. The van der Waals surface area contributed by atoms with E-state index in [0.29, 0.717) is 23.5 Å². The lowest BCUT2D eigenvalue weighted by Gasteiger charge is -2.17. The molecular weight excluding hydrogens is 242 g/mol. The molecule has 106 valence electrons. The smallest absolute Gasteiger partial charge is 0.255 e. The van der Waals surface area contributed by atoms with E-state index in [-0.39, 0.29) is 5.91 Å². The van der Waals surface area contributed by atoms with Crippen LogP contribution in [0.3, 0.4) is 0 Å². The van der Waals surface area contributed by atoms with Crippen LogP contribution in [0.25, 0.3) is 0 Å². The van der Waals surface area contributed by atoms with Crippen LogP contribution in [0.1, 0.15) is 30.1 Å². The Morgan fingerprint density at radius 2 is 2.16 bits per heavy atom. The van der Waals surface area contributed by atoms with Gasteiger partial charge in [0.25, 0.3) is 5.91 Å². The first-order valence-electron chi connectivity index (χ1n) is 6.48. The van der Waals surface area contributed by atoms with Gasteiger partial charge < -0.3 is 21.1 Å². The van der Waals surface area contributed by atoms with Crippen molar-refractivity contribution in [1.82, 2.24) is 4.90 Å². The van der Waals surface area contributed by atoms with Gasteiger partial charge in [0.2, 0.25) is 0 Å². The van der Waals surface area contributed by atoms with Gasteiger partial charge in [-0.15, -0.1) is 0 Å². The Labute approximate surface area is 114 Å². The number of aliphatic hydroxyl groups is 1. The summed E-state index contributed by atoms with van der Waals surface area (Å²) in [5, 5.41) is 12.8. The Morgan fingerprint density at radius 1 is 1.47 bits per heavy atom. The van der Waals surface area contributed by atoms with E-state index in [9.17, 15) is 9.90 Å². The van der Waals surface area contributed by atoms with Crippen LogP contribution in [0, 0.1) is 0 Å². The molecule has 5 heteroatoms. The third kappa shape index (κ3) is 4.44. The zero-order valence-electron chi connectivity index (χ0n) is 11.8. The van der Waals surface area contributed by atoms with Gasteiger partial charge in [-0.3, -0.25) is 4.79 Å². The molecule has 0 heterocycles. The van der Waals surface area contributed by atoms with E-state index in [1.165, 1.54) is 4.90 Å². The van der Waals surface area contributed by atoms with Crippen molar-refractivity contribution >= 4 is 17.3 Å². The molecule has 0 spiro atoms. The normalized spacial score (nSPS) is 12.0. The minimum absolute atomic E-state index is 0.0903. The zero-order chi connectivity index (χ0) is 14.4. The van der Waals surface area contributed by atoms with Crippen molar-refractivity contribution in [2.24, 2.45) is 0 Å². The largest absolute Gasteiger partial charge is 0.399 e. The first-order valence-corrected chi connectivity index (χ1v) is 6.48. The van der Waals surface area contributed by atoms with E-state index in [0.717, 1.165) is 12.8 Å². The topological polar surface area (TPSA) is 78.6 Å². The van der Waals surface area contributed by atoms with E-state index in [1.54, 1.807) is 32.3 Å². The number of amides is 1. The second kappa shape index (κ2) is 6.99. The lowest BCUT2D eigenvalue weighted by Crippen LogP contribution is -2.25. The van der Waals surface area contributed by atoms with Crippen molar-refractivity contribution in [1.29, 1.82) is 0 Å². The summed E-state index contributed by atoms with van der Waals surface area (Å²) in [5.74, 6) is -0.0903. The number of benzene rings is 1. The third-order valence-electron chi connectivity index (χ3n) is 2.83.